The maximum absolute atomic E-state index is 5.19. The van der Waals surface area contributed by atoms with Crippen molar-refractivity contribution in [3.63, 3.8) is 0 Å². The normalized spacial score (nSPS) is 10.7. The predicted molar refractivity (Wildman–Crippen MR) is 56.7 cm³/mol. The molecule has 0 fully saturated rings. The van der Waals surface area contributed by atoms with Crippen LogP contribution in [0.3, 0.4) is 0 Å². The second-order valence-corrected chi connectivity index (χ2v) is 3.85. The van der Waals surface area contributed by atoms with Crippen molar-refractivity contribution in [1.82, 2.24) is 15.2 Å². The van der Waals surface area contributed by atoms with E-state index in [9.17, 15) is 0 Å². The summed E-state index contributed by atoms with van der Waals surface area (Å²) in [5.74, 6) is 2.19. The fourth-order valence-electron chi connectivity index (χ4n) is 1.05. The SMILES string of the molecule is COCCSc1n[nH]c(-c2ccco2)n1. The summed E-state index contributed by atoms with van der Waals surface area (Å²) in [5.41, 5.74) is 0. The van der Waals surface area contributed by atoms with Crippen LogP contribution < -0.4 is 0 Å². The molecule has 2 aromatic rings. The van der Waals surface area contributed by atoms with Crippen LogP contribution in [-0.2, 0) is 4.74 Å². The van der Waals surface area contributed by atoms with Crippen molar-refractivity contribution < 1.29 is 9.15 Å². The average Bonchev–Trinajstić information content (AvgIpc) is 2.87. The topological polar surface area (TPSA) is 63.9 Å². The fraction of sp³-hybridized carbons (Fsp3) is 0.333. The molecule has 0 bridgehead atoms. The number of nitrogens with one attached hydrogen (secondary N) is 1. The minimum Gasteiger partial charge on any atom is -0.461 e. The third-order valence-corrected chi connectivity index (χ3v) is 2.55. The van der Waals surface area contributed by atoms with E-state index in [2.05, 4.69) is 15.2 Å². The molecule has 2 rings (SSSR count). The molecule has 15 heavy (non-hydrogen) atoms. The molecule has 1 N–H and O–H groups in total. The monoisotopic (exact) mass is 225 g/mol. The number of nitrogens with zero attached hydrogens (tertiary/aromatic N) is 2. The lowest BCUT2D eigenvalue weighted by molar-refractivity contribution is 0.218. The number of aromatic nitrogens is 3. The van der Waals surface area contributed by atoms with Gasteiger partial charge in [0.25, 0.3) is 0 Å². The molecule has 0 amide bonds. The van der Waals surface area contributed by atoms with Crippen LogP contribution in [0, 0.1) is 0 Å². The largest absolute Gasteiger partial charge is 0.461 e. The second kappa shape index (κ2) is 4.99. The van der Waals surface area contributed by atoms with Gasteiger partial charge in [-0.15, -0.1) is 5.10 Å². The van der Waals surface area contributed by atoms with E-state index in [1.807, 2.05) is 12.1 Å². The van der Waals surface area contributed by atoms with Crippen LogP contribution in [-0.4, -0.2) is 34.7 Å². The Morgan fingerprint density at radius 1 is 1.60 bits per heavy atom. The Kier molecular flexibility index (Phi) is 3.41. The molecule has 0 saturated heterocycles. The smallest absolute Gasteiger partial charge is 0.208 e. The summed E-state index contributed by atoms with van der Waals surface area (Å²) < 4.78 is 10.1. The minimum atomic E-state index is 0.653. The van der Waals surface area contributed by atoms with Crippen LogP contribution in [0.2, 0.25) is 0 Å². The molecule has 0 aliphatic heterocycles. The van der Waals surface area contributed by atoms with Crippen molar-refractivity contribution in [2.24, 2.45) is 0 Å². The van der Waals surface area contributed by atoms with Gasteiger partial charge in [0.15, 0.2) is 11.6 Å². The van der Waals surface area contributed by atoms with Gasteiger partial charge in [-0.2, -0.15) is 4.98 Å². The van der Waals surface area contributed by atoms with Gasteiger partial charge in [0.1, 0.15) is 0 Å². The van der Waals surface area contributed by atoms with Gasteiger partial charge >= 0.3 is 0 Å². The molecule has 2 aromatic heterocycles. The number of furan rings is 1. The van der Waals surface area contributed by atoms with E-state index < -0.39 is 0 Å². The summed E-state index contributed by atoms with van der Waals surface area (Å²) in [4.78, 5) is 4.27. The average molecular weight is 225 g/mol. The van der Waals surface area contributed by atoms with Crippen LogP contribution in [0.4, 0.5) is 0 Å². The molecule has 0 unspecified atom stereocenters. The number of hydrogen-bond donors (Lipinski definition) is 1. The fourth-order valence-corrected chi connectivity index (χ4v) is 1.75. The Morgan fingerprint density at radius 2 is 2.53 bits per heavy atom. The van der Waals surface area contributed by atoms with Crippen molar-refractivity contribution in [3.8, 4) is 11.6 Å². The first kappa shape index (κ1) is 10.3. The lowest BCUT2D eigenvalue weighted by atomic mass is 10.4. The van der Waals surface area contributed by atoms with Crippen LogP contribution in [0.25, 0.3) is 11.6 Å². The molecule has 0 aromatic carbocycles. The molecular formula is C9H11N3O2S. The summed E-state index contributed by atoms with van der Waals surface area (Å²) >= 11 is 1.54. The van der Waals surface area contributed by atoms with E-state index in [1.165, 1.54) is 0 Å². The number of H-pyrrole nitrogens is 1. The van der Waals surface area contributed by atoms with Crippen LogP contribution in [0.5, 0.6) is 0 Å². The molecule has 0 atom stereocenters. The van der Waals surface area contributed by atoms with Crippen LogP contribution in [0.15, 0.2) is 28.0 Å². The molecule has 80 valence electrons. The zero-order chi connectivity index (χ0) is 10.5. The Morgan fingerprint density at radius 3 is 3.27 bits per heavy atom. The Hall–Kier alpha value is -1.27. The molecule has 0 radical (unpaired) electrons. The number of thioether (sulfide) groups is 1. The number of rotatable bonds is 5. The molecule has 0 aliphatic carbocycles. The molecule has 2 heterocycles. The van der Waals surface area contributed by atoms with Gasteiger partial charge in [0.05, 0.1) is 12.9 Å². The number of ether oxygens (including phenoxy) is 1. The first-order valence-corrected chi connectivity index (χ1v) is 5.46. The van der Waals surface area contributed by atoms with E-state index in [-0.39, 0.29) is 0 Å². The summed E-state index contributed by atoms with van der Waals surface area (Å²) in [6.07, 6.45) is 1.61. The van der Waals surface area contributed by atoms with Crippen molar-refractivity contribution in [2.75, 3.05) is 19.5 Å². The lowest BCUT2D eigenvalue weighted by Crippen LogP contribution is -1.91. The second-order valence-electron chi connectivity index (χ2n) is 2.79. The van der Waals surface area contributed by atoms with Gasteiger partial charge in [-0.25, -0.2) is 0 Å². The zero-order valence-corrected chi connectivity index (χ0v) is 9.08. The van der Waals surface area contributed by atoms with Crippen molar-refractivity contribution in [2.45, 2.75) is 5.16 Å². The van der Waals surface area contributed by atoms with Crippen LogP contribution in [0.1, 0.15) is 0 Å². The maximum atomic E-state index is 5.19. The number of aromatic amines is 1. The first-order valence-electron chi connectivity index (χ1n) is 4.48. The number of methoxy groups -OCH3 is 1. The first-order chi connectivity index (χ1) is 7.40. The van der Waals surface area contributed by atoms with Gasteiger partial charge in [-0.3, -0.25) is 5.10 Å². The van der Waals surface area contributed by atoms with Crippen LogP contribution >= 0.6 is 11.8 Å². The Balaban J connectivity index is 1.98. The molecule has 0 spiro atoms. The van der Waals surface area contributed by atoms with E-state index in [0.29, 0.717) is 23.3 Å². The standard InChI is InChI=1S/C9H11N3O2S/c1-13-5-6-15-9-10-8(11-12-9)7-3-2-4-14-7/h2-4H,5-6H2,1H3,(H,10,11,12). The van der Waals surface area contributed by atoms with E-state index in [0.717, 1.165) is 5.75 Å². The van der Waals surface area contributed by atoms with Crippen molar-refractivity contribution in [1.29, 1.82) is 0 Å². The minimum absolute atomic E-state index is 0.653. The molecule has 0 aliphatic rings. The summed E-state index contributed by atoms with van der Waals surface area (Å²) in [7, 11) is 1.67. The Bertz CT molecular complexity index is 399. The highest BCUT2D eigenvalue weighted by molar-refractivity contribution is 7.99. The van der Waals surface area contributed by atoms with Crippen molar-refractivity contribution in [3.05, 3.63) is 18.4 Å². The quantitative estimate of drug-likeness (QED) is 0.621. The third kappa shape index (κ3) is 2.60. The molecular weight excluding hydrogens is 214 g/mol. The van der Waals surface area contributed by atoms with Gasteiger partial charge in [-0.1, -0.05) is 11.8 Å². The number of hydrogen-bond acceptors (Lipinski definition) is 5. The predicted octanol–water partition coefficient (Wildman–Crippen LogP) is 1.80. The third-order valence-electron chi connectivity index (χ3n) is 1.74. The highest BCUT2D eigenvalue weighted by Crippen LogP contribution is 2.18. The van der Waals surface area contributed by atoms with E-state index >= 15 is 0 Å². The summed E-state index contributed by atoms with van der Waals surface area (Å²) in [6.45, 7) is 0.690. The molecule has 0 saturated carbocycles. The Labute approximate surface area is 91.2 Å². The van der Waals surface area contributed by atoms with Gasteiger partial charge in [0, 0.05) is 12.9 Å². The van der Waals surface area contributed by atoms with Gasteiger partial charge < -0.3 is 9.15 Å². The maximum Gasteiger partial charge on any atom is 0.208 e. The molecule has 6 heteroatoms. The zero-order valence-electron chi connectivity index (χ0n) is 8.27. The van der Waals surface area contributed by atoms with E-state index in [4.69, 9.17) is 9.15 Å². The van der Waals surface area contributed by atoms with Gasteiger partial charge in [0.2, 0.25) is 5.16 Å². The molecule has 5 nitrogen and oxygen atoms in total. The highest BCUT2D eigenvalue weighted by atomic mass is 32.2. The van der Waals surface area contributed by atoms with E-state index in [1.54, 1.807) is 25.1 Å². The van der Waals surface area contributed by atoms with Crippen molar-refractivity contribution >= 4 is 11.8 Å². The summed E-state index contributed by atoms with van der Waals surface area (Å²) in [5, 5.41) is 7.58. The highest BCUT2D eigenvalue weighted by Gasteiger charge is 2.07. The summed E-state index contributed by atoms with van der Waals surface area (Å²) in [6, 6.07) is 3.65. The lowest BCUT2D eigenvalue weighted by Gasteiger charge is -1.93. The van der Waals surface area contributed by atoms with Gasteiger partial charge in [-0.05, 0) is 12.1 Å².